The van der Waals surface area contributed by atoms with Gasteiger partial charge in [-0.2, -0.15) is 0 Å². The van der Waals surface area contributed by atoms with E-state index in [1.165, 1.54) is 0 Å². The molecule has 0 unspecified atom stereocenters. The quantitative estimate of drug-likeness (QED) is 0.182. The van der Waals surface area contributed by atoms with E-state index >= 15 is 0 Å². The molecule has 0 spiro atoms. The van der Waals surface area contributed by atoms with Crippen molar-refractivity contribution in [2.75, 3.05) is 0 Å². The zero-order valence-electron chi connectivity index (χ0n) is 2.56. The van der Waals surface area contributed by atoms with Gasteiger partial charge in [-0.05, 0) is 0 Å². The molecule has 0 aliphatic heterocycles. The van der Waals surface area contributed by atoms with Gasteiger partial charge in [-0.25, -0.2) is 5.41 Å². The molecule has 30 valence electrons. The van der Waals surface area contributed by atoms with Crippen molar-refractivity contribution in [2.24, 2.45) is 5.73 Å². The summed E-state index contributed by atoms with van der Waals surface area (Å²) in [6.45, 7) is 0. The lowest BCUT2D eigenvalue weighted by atomic mass is 11.1. The number of guanidine groups is 1. The van der Waals surface area contributed by atoms with E-state index in [1.807, 2.05) is 0 Å². The van der Waals surface area contributed by atoms with Crippen LogP contribution < -0.4 is 10.5 Å². The van der Waals surface area contributed by atoms with Crippen molar-refractivity contribution < 1.29 is 4.72 Å². The second kappa shape index (κ2) is 2.04. The van der Waals surface area contributed by atoms with Crippen LogP contribution in [-0.4, -0.2) is 5.96 Å². The van der Waals surface area contributed by atoms with Crippen LogP contribution in [0.4, 0.5) is 0 Å². The molecule has 4 heteroatoms. The number of nitrogens with one attached hydrogen (secondary N) is 1. The van der Waals surface area contributed by atoms with E-state index in [0.717, 1.165) is 4.72 Å². The van der Waals surface area contributed by atoms with Crippen LogP contribution in [0.1, 0.15) is 0 Å². The summed E-state index contributed by atoms with van der Waals surface area (Å²) < 4.78 is 1.11. The first-order valence-electron chi connectivity index (χ1n) is 1.06. The summed E-state index contributed by atoms with van der Waals surface area (Å²) in [7, 11) is 0. The normalized spacial score (nSPS) is 7.40. The molecule has 5 N–H and O–H groups in total. The maximum absolute atomic E-state index is 6.36. The molecule has 0 amide bonds. The largest absolute Gasteiger partial charge is 0.489 e. The molecule has 0 aromatic carbocycles. The molecule has 0 bridgehead atoms. The third-order valence-corrected chi connectivity index (χ3v) is 0.381. The molecule has 0 heterocycles. The second-order valence-corrected chi connectivity index (χ2v) is 0.809. The van der Waals surface area contributed by atoms with Crippen molar-refractivity contribution >= 4 is 18.8 Å². The van der Waals surface area contributed by atoms with Crippen molar-refractivity contribution in [3.05, 3.63) is 0 Å². The summed E-state index contributed by atoms with van der Waals surface area (Å²) in [6.07, 6.45) is 0. The van der Waals surface area contributed by atoms with Crippen molar-refractivity contribution in [3.63, 3.8) is 0 Å². The van der Waals surface area contributed by atoms with Gasteiger partial charge in [-0.1, -0.05) is 0 Å². The standard InChI is InChI=1S/CH5N3S/c2-1(3)4-5/h4H2,(H3,2,3). The summed E-state index contributed by atoms with van der Waals surface area (Å²) in [5.74, 6) is -0.0556. The van der Waals surface area contributed by atoms with Gasteiger partial charge < -0.3 is 23.3 Å². The fourth-order valence-corrected chi connectivity index (χ4v) is 0. The summed E-state index contributed by atoms with van der Waals surface area (Å²) in [4.78, 5) is 0. The van der Waals surface area contributed by atoms with E-state index in [0.29, 0.717) is 0 Å². The number of hydrogen-bond donors (Lipinski definition) is 3. The Morgan fingerprint density at radius 1 is 2.00 bits per heavy atom. The predicted molar refractivity (Wildman–Crippen MR) is 21.2 cm³/mol. The third kappa shape index (κ3) is 3.78. The number of hydrogen-bond acceptors (Lipinski definition) is 2. The minimum absolute atomic E-state index is 0.0556. The van der Waals surface area contributed by atoms with Crippen LogP contribution >= 0.6 is 0 Å². The van der Waals surface area contributed by atoms with Crippen molar-refractivity contribution in [1.29, 1.82) is 5.41 Å². The Labute approximate surface area is 35.6 Å². The fourth-order valence-electron chi connectivity index (χ4n) is 0. The maximum Gasteiger partial charge on any atom is 0.270 e. The van der Waals surface area contributed by atoms with Gasteiger partial charge in [0.15, 0.2) is 0 Å². The molecule has 3 nitrogen and oxygen atoms in total. The molecule has 0 aliphatic carbocycles. The predicted octanol–water partition coefficient (Wildman–Crippen LogP) is -2.09. The van der Waals surface area contributed by atoms with Crippen molar-refractivity contribution in [3.8, 4) is 0 Å². The minimum Gasteiger partial charge on any atom is -0.489 e. The van der Waals surface area contributed by atoms with Crippen LogP contribution in [0.3, 0.4) is 0 Å². The van der Waals surface area contributed by atoms with Crippen molar-refractivity contribution in [2.45, 2.75) is 0 Å². The topological polar surface area (TPSA) is 66.5 Å². The molecule has 0 atom stereocenters. The minimum atomic E-state index is -0.0556. The molecular weight excluding hydrogens is 86.1 g/mol. The highest BCUT2D eigenvalue weighted by Gasteiger charge is 1.66. The SMILES string of the molecule is N=C(N)[NH2+][S-]. The van der Waals surface area contributed by atoms with E-state index < -0.39 is 0 Å². The maximum atomic E-state index is 6.36. The molecule has 0 rings (SSSR count). The van der Waals surface area contributed by atoms with Crippen molar-refractivity contribution in [1.82, 2.24) is 0 Å². The van der Waals surface area contributed by atoms with E-state index in [-0.39, 0.29) is 5.96 Å². The fraction of sp³-hybridized carbons (Fsp3) is 0. The van der Waals surface area contributed by atoms with Crippen LogP contribution in [0.2, 0.25) is 0 Å². The Bertz CT molecular complexity index is 42.2. The van der Waals surface area contributed by atoms with Gasteiger partial charge in [0.05, 0.1) is 0 Å². The monoisotopic (exact) mass is 91.0 g/mol. The second-order valence-electron chi connectivity index (χ2n) is 0.573. The Balaban J connectivity index is 2.85. The van der Waals surface area contributed by atoms with Gasteiger partial charge in [0.1, 0.15) is 0 Å². The average Bonchev–Trinajstić information content (AvgIpc) is 1.38. The lowest BCUT2D eigenvalue weighted by Crippen LogP contribution is -2.84. The van der Waals surface area contributed by atoms with Gasteiger partial charge in [0.2, 0.25) is 0 Å². The first-order valence-corrected chi connectivity index (χ1v) is 1.53. The average molecular weight is 91.1 g/mol. The number of rotatable bonds is 0. The summed E-state index contributed by atoms with van der Waals surface area (Å²) in [6, 6.07) is 0. The van der Waals surface area contributed by atoms with E-state index in [1.54, 1.807) is 0 Å². The summed E-state index contributed by atoms with van der Waals surface area (Å²) in [5, 5.41) is 6.36. The lowest BCUT2D eigenvalue weighted by Gasteiger charge is -1.91. The molecule has 0 aromatic rings. The Morgan fingerprint density at radius 2 is 2.20 bits per heavy atom. The Morgan fingerprint density at radius 3 is 2.20 bits per heavy atom. The molecule has 5 heavy (non-hydrogen) atoms. The first-order chi connectivity index (χ1) is 2.27. The molecular formula is CH5N3S. The smallest absolute Gasteiger partial charge is 0.270 e. The lowest BCUT2D eigenvalue weighted by molar-refractivity contribution is -0.341. The van der Waals surface area contributed by atoms with Crippen LogP contribution in [0.15, 0.2) is 0 Å². The van der Waals surface area contributed by atoms with Crippen LogP contribution in [-0.2, 0) is 12.8 Å². The van der Waals surface area contributed by atoms with Gasteiger partial charge in [0.25, 0.3) is 5.96 Å². The van der Waals surface area contributed by atoms with Crippen LogP contribution in [0.5, 0.6) is 0 Å². The van der Waals surface area contributed by atoms with Gasteiger partial charge in [-0.15, -0.1) is 0 Å². The molecule has 0 saturated carbocycles. The summed E-state index contributed by atoms with van der Waals surface area (Å²) >= 11 is 4.20. The summed E-state index contributed by atoms with van der Waals surface area (Å²) in [5.41, 5.74) is 4.72. The zero-order chi connectivity index (χ0) is 4.28. The highest BCUT2D eigenvalue weighted by atomic mass is 32.1. The zero-order valence-corrected chi connectivity index (χ0v) is 3.38. The number of quaternary nitrogens is 1. The molecule has 0 aromatic heterocycles. The van der Waals surface area contributed by atoms with Crippen LogP contribution in [0.25, 0.3) is 0 Å². The van der Waals surface area contributed by atoms with E-state index in [4.69, 9.17) is 11.1 Å². The third-order valence-electron chi connectivity index (χ3n) is 0.127. The van der Waals surface area contributed by atoms with E-state index in [2.05, 4.69) is 12.8 Å². The van der Waals surface area contributed by atoms with E-state index in [9.17, 15) is 0 Å². The molecule has 0 aliphatic rings. The van der Waals surface area contributed by atoms with Gasteiger partial charge in [0, 0.05) is 0 Å². The van der Waals surface area contributed by atoms with Gasteiger partial charge >= 0.3 is 0 Å². The molecule has 0 saturated heterocycles. The number of nitrogens with two attached hydrogens (primary N) is 2. The Kier molecular flexibility index (Phi) is 1.95. The molecule has 0 radical (unpaired) electrons. The highest BCUT2D eigenvalue weighted by Crippen LogP contribution is 1.13. The first kappa shape index (κ1) is 4.78. The van der Waals surface area contributed by atoms with Crippen LogP contribution in [0, 0.1) is 5.41 Å². The highest BCUT2D eigenvalue weighted by molar-refractivity contribution is 7.51. The van der Waals surface area contributed by atoms with Gasteiger partial charge in [-0.3, -0.25) is 0 Å². The molecule has 0 fully saturated rings. The Hall–Kier alpha value is -0.220.